The maximum atomic E-state index is 12.4. The summed E-state index contributed by atoms with van der Waals surface area (Å²) < 4.78 is 6.61. The lowest BCUT2D eigenvalue weighted by Gasteiger charge is -2.18. The Hall–Kier alpha value is -2.56. The largest absolute Gasteiger partial charge is 0.465 e. The predicted molar refractivity (Wildman–Crippen MR) is 78.7 cm³/mol. The van der Waals surface area contributed by atoms with Crippen molar-refractivity contribution in [2.24, 2.45) is 0 Å². The molecule has 0 unspecified atom stereocenters. The Morgan fingerprint density at radius 2 is 1.81 bits per heavy atom. The molecule has 0 fully saturated rings. The Kier molecular flexibility index (Phi) is 5.15. The Morgan fingerprint density at radius 1 is 1.14 bits per heavy atom. The second-order valence-electron chi connectivity index (χ2n) is 4.47. The number of rotatable bonds is 6. The van der Waals surface area contributed by atoms with Crippen molar-refractivity contribution in [2.45, 2.75) is 13.0 Å². The summed E-state index contributed by atoms with van der Waals surface area (Å²) in [6, 6.07) is 12.6. The Labute approximate surface area is 123 Å². The van der Waals surface area contributed by atoms with E-state index in [-0.39, 0.29) is 12.5 Å². The topological polar surface area (TPSA) is 60.3 Å². The molecule has 1 atom stereocenters. The molecule has 0 aliphatic carbocycles. The van der Waals surface area contributed by atoms with Crippen LogP contribution in [0.1, 0.15) is 18.5 Å². The first-order valence-electron chi connectivity index (χ1n) is 6.83. The number of aromatic nitrogens is 1. The highest BCUT2D eigenvalue weighted by atomic mass is 16.5. The fourth-order valence-electron chi connectivity index (χ4n) is 2.08. The van der Waals surface area contributed by atoms with Crippen molar-refractivity contribution in [3.8, 4) is 0 Å². The number of ether oxygens (including phenoxy) is 1. The predicted octanol–water partition coefficient (Wildman–Crippen LogP) is 1.76. The lowest BCUT2D eigenvalue weighted by atomic mass is 10.1. The van der Waals surface area contributed by atoms with E-state index in [0.717, 1.165) is 5.56 Å². The van der Waals surface area contributed by atoms with E-state index < -0.39 is 12.0 Å². The fourth-order valence-corrected chi connectivity index (χ4v) is 2.08. The monoisotopic (exact) mass is 286 g/mol. The summed E-state index contributed by atoms with van der Waals surface area (Å²) in [6.45, 7) is 1.90. The summed E-state index contributed by atoms with van der Waals surface area (Å²) in [7, 11) is 0. The Balaban J connectivity index is 2.13. The molecule has 5 nitrogen and oxygen atoms in total. The minimum atomic E-state index is -0.504. The SMILES string of the molecule is CCOC(=O)CNC(=O)[C@H](c1ccccc1)n1cccc1. The zero-order valence-corrected chi connectivity index (χ0v) is 11.9. The molecular weight excluding hydrogens is 268 g/mol. The van der Waals surface area contributed by atoms with Crippen LogP contribution >= 0.6 is 0 Å². The van der Waals surface area contributed by atoms with Crippen molar-refractivity contribution in [3.05, 3.63) is 60.4 Å². The summed E-state index contributed by atoms with van der Waals surface area (Å²) in [5.74, 6) is -0.685. The van der Waals surface area contributed by atoms with Crippen LogP contribution in [0.15, 0.2) is 54.9 Å². The van der Waals surface area contributed by atoms with Gasteiger partial charge in [0.2, 0.25) is 5.91 Å². The first-order chi connectivity index (χ1) is 10.2. The number of hydrogen-bond donors (Lipinski definition) is 1. The van der Waals surface area contributed by atoms with E-state index in [0.29, 0.717) is 6.61 Å². The highest BCUT2D eigenvalue weighted by molar-refractivity contribution is 5.87. The van der Waals surface area contributed by atoms with Crippen LogP contribution < -0.4 is 5.32 Å². The van der Waals surface area contributed by atoms with E-state index in [2.05, 4.69) is 5.32 Å². The van der Waals surface area contributed by atoms with Crippen LogP contribution in [0.2, 0.25) is 0 Å². The van der Waals surface area contributed by atoms with Gasteiger partial charge in [0.25, 0.3) is 0 Å². The van der Waals surface area contributed by atoms with Crippen molar-refractivity contribution in [3.63, 3.8) is 0 Å². The lowest BCUT2D eigenvalue weighted by molar-refractivity contribution is -0.143. The average Bonchev–Trinajstić information content (AvgIpc) is 3.01. The molecule has 1 heterocycles. The third-order valence-electron chi connectivity index (χ3n) is 3.00. The second-order valence-corrected chi connectivity index (χ2v) is 4.47. The number of carbonyl (C=O) groups excluding carboxylic acids is 2. The molecule has 110 valence electrons. The van der Waals surface area contributed by atoms with Crippen LogP contribution in [0.3, 0.4) is 0 Å². The van der Waals surface area contributed by atoms with Crippen molar-refractivity contribution in [1.29, 1.82) is 0 Å². The summed E-state index contributed by atoms with van der Waals surface area (Å²) in [4.78, 5) is 23.8. The number of carbonyl (C=O) groups is 2. The maximum Gasteiger partial charge on any atom is 0.325 e. The van der Waals surface area contributed by atoms with E-state index >= 15 is 0 Å². The molecule has 0 radical (unpaired) electrons. The normalized spacial score (nSPS) is 11.7. The van der Waals surface area contributed by atoms with Gasteiger partial charge in [-0.05, 0) is 24.6 Å². The quantitative estimate of drug-likeness (QED) is 0.823. The molecule has 1 amide bonds. The molecule has 21 heavy (non-hydrogen) atoms. The number of amides is 1. The Morgan fingerprint density at radius 3 is 2.43 bits per heavy atom. The van der Waals surface area contributed by atoms with Gasteiger partial charge in [0.15, 0.2) is 0 Å². The molecule has 2 aromatic rings. The van der Waals surface area contributed by atoms with Gasteiger partial charge in [0.05, 0.1) is 6.61 Å². The molecular formula is C16H18N2O3. The molecule has 1 N–H and O–H groups in total. The van der Waals surface area contributed by atoms with Gasteiger partial charge >= 0.3 is 5.97 Å². The zero-order valence-electron chi connectivity index (χ0n) is 11.9. The van der Waals surface area contributed by atoms with Crippen molar-refractivity contribution < 1.29 is 14.3 Å². The fraction of sp³-hybridized carbons (Fsp3) is 0.250. The number of nitrogens with zero attached hydrogens (tertiary/aromatic N) is 1. The summed E-state index contributed by atoms with van der Waals surface area (Å²) in [5, 5.41) is 2.62. The number of hydrogen-bond acceptors (Lipinski definition) is 3. The molecule has 2 rings (SSSR count). The highest BCUT2D eigenvalue weighted by Gasteiger charge is 2.22. The van der Waals surface area contributed by atoms with E-state index in [1.165, 1.54) is 0 Å². The minimum Gasteiger partial charge on any atom is -0.465 e. The maximum absolute atomic E-state index is 12.4. The highest BCUT2D eigenvalue weighted by Crippen LogP contribution is 2.18. The number of esters is 1. The third-order valence-corrected chi connectivity index (χ3v) is 3.00. The van der Waals surface area contributed by atoms with Gasteiger partial charge in [-0.2, -0.15) is 0 Å². The summed E-state index contributed by atoms with van der Waals surface area (Å²) >= 11 is 0. The van der Waals surface area contributed by atoms with Crippen molar-refractivity contribution in [2.75, 3.05) is 13.2 Å². The minimum absolute atomic E-state index is 0.128. The summed E-state index contributed by atoms with van der Waals surface area (Å²) in [6.07, 6.45) is 3.64. The van der Waals surface area contributed by atoms with E-state index in [1.807, 2.05) is 54.9 Å². The van der Waals surface area contributed by atoms with E-state index in [9.17, 15) is 9.59 Å². The lowest BCUT2D eigenvalue weighted by Crippen LogP contribution is -2.36. The molecule has 1 aromatic carbocycles. The van der Waals surface area contributed by atoms with Gasteiger partial charge in [-0.3, -0.25) is 9.59 Å². The molecule has 0 spiro atoms. The van der Waals surface area contributed by atoms with Crippen LogP contribution in [0, 0.1) is 0 Å². The second kappa shape index (κ2) is 7.28. The van der Waals surface area contributed by atoms with Crippen molar-refractivity contribution in [1.82, 2.24) is 9.88 Å². The van der Waals surface area contributed by atoms with Crippen LogP contribution in [0.25, 0.3) is 0 Å². The van der Waals surface area contributed by atoms with Gasteiger partial charge in [0.1, 0.15) is 12.6 Å². The van der Waals surface area contributed by atoms with Gasteiger partial charge in [-0.15, -0.1) is 0 Å². The molecule has 0 saturated carbocycles. The molecule has 0 aliphatic rings. The molecule has 1 aromatic heterocycles. The van der Waals surface area contributed by atoms with Crippen LogP contribution in [0.4, 0.5) is 0 Å². The van der Waals surface area contributed by atoms with Gasteiger partial charge in [-0.1, -0.05) is 30.3 Å². The smallest absolute Gasteiger partial charge is 0.325 e. The van der Waals surface area contributed by atoms with E-state index in [1.54, 1.807) is 11.5 Å². The Bertz CT molecular complexity index is 579. The number of nitrogens with one attached hydrogen (secondary N) is 1. The molecule has 0 aliphatic heterocycles. The van der Waals surface area contributed by atoms with Crippen LogP contribution in [-0.2, 0) is 14.3 Å². The third kappa shape index (κ3) is 3.95. The first-order valence-corrected chi connectivity index (χ1v) is 6.83. The van der Waals surface area contributed by atoms with Gasteiger partial charge in [-0.25, -0.2) is 0 Å². The zero-order chi connectivity index (χ0) is 15.1. The summed E-state index contributed by atoms with van der Waals surface area (Å²) in [5.41, 5.74) is 0.857. The molecule has 0 saturated heterocycles. The van der Waals surface area contributed by atoms with Gasteiger partial charge < -0.3 is 14.6 Å². The number of benzene rings is 1. The van der Waals surface area contributed by atoms with Crippen molar-refractivity contribution >= 4 is 11.9 Å². The van der Waals surface area contributed by atoms with Gasteiger partial charge in [0, 0.05) is 12.4 Å². The average molecular weight is 286 g/mol. The molecule has 0 bridgehead atoms. The van der Waals surface area contributed by atoms with E-state index in [4.69, 9.17) is 4.74 Å². The first kappa shape index (κ1) is 14.8. The standard InChI is InChI=1S/C16H18N2O3/c1-2-21-14(19)12-17-16(20)15(18-10-6-7-11-18)13-8-4-3-5-9-13/h3-11,15H,2,12H2,1H3,(H,17,20)/t15-/m0/s1. The van der Waals surface area contributed by atoms with Crippen LogP contribution in [0.5, 0.6) is 0 Å². The molecule has 5 heteroatoms. The van der Waals surface area contributed by atoms with Crippen LogP contribution in [-0.4, -0.2) is 29.6 Å².